The Hall–Kier alpha value is -3.96. The van der Waals surface area contributed by atoms with Crippen LogP contribution in [0.25, 0.3) is 11.1 Å². The number of Topliss-reactive ketones (excluding diaryl/α,β-unsaturated/α-hetero) is 1. The molecule has 1 N–H and O–H groups in total. The van der Waals surface area contributed by atoms with E-state index in [0.717, 1.165) is 66.4 Å². The highest BCUT2D eigenvalue weighted by molar-refractivity contribution is 6.14. The Morgan fingerprint density at radius 1 is 0.833 bits per heavy atom. The molecule has 0 aromatic heterocycles. The summed E-state index contributed by atoms with van der Waals surface area (Å²) in [6, 6.07) is 28.5. The van der Waals surface area contributed by atoms with Crippen molar-refractivity contribution in [1.82, 2.24) is 4.90 Å². The standard InChI is InChI=1S/C43H45NO4/c1-39-20-17-31(45)25-41(39)23-24-43(34(26-41)37(46)33-16-10-9-15-32(33)30-13-7-4-8-14-30)35(39)18-21-40(2)36(43)19-22-42(40)28-44(38(47)48-42)27-29-11-5-3-6-12-29/h3-16,23-24,26,31,35-36,45H,17-22,25,27-28H2,1-2H3/t31-,35+,36+,39+,40-,41-,42+,43+/m0/s1. The number of hydrogen-bond donors (Lipinski definition) is 1. The molecule has 3 saturated carbocycles. The first-order chi connectivity index (χ1) is 23.1. The number of nitrogens with zero attached hydrogens (tertiary/aromatic N) is 1. The van der Waals surface area contributed by atoms with Crippen molar-refractivity contribution in [3.8, 4) is 11.1 Å². The number of allylic oxidation sites excluding steroid dienone is 4. The number of amides is 1. The van der Waals surface area contributed by atoms with Crippen LogP contribution in [-0.4, -0.2) is 40.1 Å². The fourth-order valence-electron chi connectivity index (χ4n) is 12.0. The summed E-state index contributed by atoms with van der Waals surface area (Å²) in [4.78, 5) is 30.8. The lowest BCUT2D eigenvalue weighted by Crippen LogP contribution is -2.67. The van der Waals surface area contributed by atoms with Crippen LogP contribution < -0.4 is 0 Å². The van der Waals surface area contributed by atoms with Gasteiger partial charge >= 0.3 is 6.09 Å². The smallest absolute Gasteiger partial charge is 0.410 e. The lowest BCUT2D eigenvalue weighted by atomic mass is 9.32. The van der Waals surface area contributed by atoms with E-state index in [4.69, 9.17) is 4.74 Å². The van der Waals surface area contributed by atoms with Crippen LogP contribution in [0, 0.1) is 33.5 Å². The molecule has 0 unspecified atom stereocenters. The fourth-order valence-corrected chi connectivity index (χ4v) is 12.0. The third-order valence-corrected chi connectivity index (χ3v) is 14.4. The summed E-state index contributed by atoms with van der Waals surface area (Å²) in [6.45, 7) is 5.93. The molecule has 10 rings (SSSR count). The number of carbonyl (C=O) groups excluding carboxylic acids is 2. The van der Waals surface area contributed by atoms with Gasteiger partial charge in [-0.05, 0) is 78.9 Å². The molecule has 1 aliphatic heterocycles. The van der Waals surface area contributed by atoms with Gasteiger partial charge in [-0.2, -0.15) is 0 Å². The lowest BCUT2D eigenvalue weighted by molar-refractivity contribution is -0.164. The van der Waals surface area contributed by atoms with Gasteiger partial charge in [0.1, 0.15) is 5.60 Å². The molecule has 4 fully saturated rings. The van der Waals surface area contributed by atoms with E-state index in [2.05, 4.69) is 62.4 Å². The molecule has 6 aliphatic carbocycles. The summed E-state index contributed by atoms with van der Waals surface area (Å²) in [5.74, 6) is 0.510. The third kappa shape index (κ3) is 3.83. The second-order valence-corrected chi connectivity index (χ2v) is 16.2. The van der Waals surface area contributed by atoms with Crippen molar-refractivity contribution >= 4 is 11.9 Å². The van der Waals surface area contributed by atoms with E-state index in [0.29, 0.717) is 19.5 Å². The molecule has 48 heavy (non-hydrogen) atoms. The average Bonchev–Trinajstić information content (AvgIpc) is 3.58. The van der Waals surface area contributed by atoms with E-state index in [9.17, 15) is 9.90 Å². The van der Waals surface area contributed by atoms with Crippen molar-refractivity contribution in [2.75, 3.05) is 6.54 Å². The van der Waals surface area contributed by atoms with Crippen molar-refractivity contribution in [3.63, 3.8) is 0 Å². The molecule has 3 aromatic rings. The van der Waals surface area contributed by atoms with Gasteiger partial charge in [0, 0.05) is 33.9 Å². The van der Waals surface area contributed by atoms with Crippen molar-refractivity contribution in [1.29, 1.82) is 0 Å². The number of ketones is 1. The van der Waals surface area contributed by atoms with Crippen molar-refractivity contribution < 1.29 is 19.4 Å². The molecule has 5 heteroatoms. The number of aliphatic hydroxyl groups is 1. The van der Waals surface area contributed by atoms with Crippen LogP contribution in [0.3, 0.4) is 0 Å². The number of hydrogen-bond acceptors (Lipinski definition) is 4. The number of benzene rings is 3. The SMILES string of the molecule is C[C@]12CC[C@H]3[C@]4(C=C[C@@]5(C=C4C(=O)c4ccccc4-c4ccccc4)C[C@@H](O)CC[C@]35C)[C@@H]1CC[C@@]21CN(Cc2ccccc2)C(=O)O1. The minimum absolute atomic E-state index is 0.0630. The van der Waals surface area contributed by atoms with Gasteiger partial charge in [-0.1, -0.05) is 117 Å². The Bertz CT molecular complexity index is 1870. The van der Waals surface area contributed by atoms with Crippen LogP contribution in [0.2, 0.25) is 0 Å². The Labute approximate surface area is 283 Å². The molecule has 5 nitrogen and oxygen atoms in total. The molecule has 246 valence electrons. The number of carbonyl (C=O) groups is 2. The Balaban J connectivity index is 1.17. The molecule has 1 saturated heterocycles. The lowest BCUT2D eigenvalue weighted by Gasteiger charge is -2.71. The van der Waals surface area contributed by atoms with Crippen LogP contribution in [-0.2, 0) is 11.3 Å². The number of ether oxygens (including phenoxy) is 1. The van der Waals surface area contributed by atoms with Gasteiger partial charge in [-0.15, -0.1) is 0 Å². The molecule has 7 aliphatic rings. The number of rotatable bonds is 5. The topological polar surface area (TPSA) is 66.8 Å². The van der Waals surface area contributed by atoms with Gasteiger partial charge in [-0.3, -0.25) is 9.69 Å². The maximum Gasteiger partial charge on any atom is 0.410 e. The molecular formula is C43H45NO4. The highest BCUT2D eigenvalue weighted by Crippen LogP contribution is 2.79. The normalized spacial score (nSPS) is 39.1. The fraction of sp³-hybridized carbons (Fsp3) is 0.442. The molecule has 3 spiro atoms. The molecule has 1 amide bonds. The van der Waals surface area contributed by atoms with Crippen LogP contribution in [0.4, 0.5) is 4.79 Å². The zero-order chi connectivity index (χ0) is 32.9. The molecule has 2 bridgehead atoms. The number of fused-ring (bicyclic) bond motifs is 2. The van der Waals surface area contributed by atoms with E-state index in [1.165, 1.54) is 0 Å². The summed E-state index contributed by atoms with van der Waals surface area (Å²) in [5.41, 5.74) is 2.94. The maximum absolute atomic E-state index is 15.3. The van der Waals surface area contributed by atoms with Crippen molar-refractivity contribution in [3.05, 3.63) is 120 Å². The van der Waals surface area contributed by atoms with E-state index in [1.807, 2.05) is 59.5 Å². The monoisotopic (exact) mass is 639 g/mol. The van der Waals surface area contributed by atoms with Gasteiger partial charge in [0.25, 0.3) is 0 Å². The van der Waals surface area contributed by atoms with E-state index in [-0.39, 0.29) is 46.1 Å². The second kappa shape index (κ2) is 10.3. The average molecular weight is 640 g/mol. The highest BCUT2D eigenvalue weighted by Gasteiger charge is 2.76. The minimum Gasteiger partial charge on any atom is -0.440 e. The zero-order valence-corrected chi connectivity index (χ0v) is 28.0. The Morgan fingerprint density at radius 3 is 2.29 bits per heavy atom. The van der Waals surface area contributed by atoms with Crippen LogP contribution >= 0.6 is 0 Å². The van der Waals surface area contributed by atoms with Gasteiger partial charge in [-0.25, -0.2) is 4.79 Å². The Morgan fingerprint density at radius 2 is 1.50 bits per heavy atom. The van der Waals surface area contributed by atoms with Gasteiger partial charge < -0.3 is 9.84 Å². The van der Waals surface area contributed by atoms with Gasteiger partial charge in [0.15, 0.2) is 5.78 Å². The van der Waals surface area contributed by atoms with Gasteiger partial charge in [0.2, 0.25) is 0 Å². The van der Waals surface area contributed by atoms with Crippen LogP contribution in [0.15, 0.2) is 109 Å². The van der Waals surface area contributed by atoms with Crippen molar-refractivity contribution in [2.45, 2.75) is 77.0 Å². The molecular weight excluding hydrogens is 594 g/mol. The second-order valence-electron chi connectivity index (χ2n) is 16.2. The predicted molar refractivity (Wildman–Crippen MR) is 186 cm³/mol. The van der Waals surface area contributed by atoms with Crippen LogP contribution in [0.1, 0.15) is 74.7 Å². The molecule has 0 radical (unpaired) electrons. The summed E-state index contributed by atoms with van der Waals surface area (Å²) in [6.07, 6.45) is 12.6. The first kappa shape index (κ1) is 30.1. The zero-order valence-electron chi connectivity index (χ0n) is 28.0. The maximum atomic E-state index is 15.3. The molecule has 3 aromatic carbocycles. The van der Waals surface area contributed by atoms with E-state index < -0.39 is 11.0 Å². The summed E-state index contributed by atoms with van der Waals surface area (Å²) < 4.78 is 6.58. The van der Waals surface area contributed by atoms with E-state index >= 15 is 4.79 Å². The van der Waals surface area contributed by atoms with Crippen molar-refractivity contribution in [2.24, 2.45) is 33.5 Å². The first-order valence-electron chi connectivity index (χ1n) is 18.0. The minimum atomic E-state index is -0.594. The quantitative estimate of drug-likeness (QED) is 0.224. The molecule has 1 heterocycles. The molecule has 8 atom stereocenters. The first-order valence-corrected chi connectivity index (χ1v) is 18.0. The summed E-state index contributed by atoms with van der Waals surface area (Å²) >= 11 is 0. The number of aliphatic hydroxyl groups excluding tert-OH is 1. The van der Waals surface area contributed by atoms with Gasteiger partial charge in [0.05, 0.1) is 12.6 Å². The summed E-state index contributed by atoms with van der Waals surface area (Å²) in [5, 5.41) is 11.1. The predicted octanol–water partition coefficient (Wildman–Crippen LogP) is 8.79. The highest BCUT2D eigenvalue weighted by atomic mass is 16.6. The summed E-state index contributed by atoms with van der Waals surface area (Å²) in [7, 11) is 0. The Kier molecular flexibility index (Phi) is 6.45. The van der Waals surface area contributed by atoms with Crippen LogP contribution in [0.5, 0.6) is 0 Å². The third-order valence-electron chi connectivity index (χ3n) is 14.4. The van der Waals surface area contributed by atoms with E-state index in [1.54, 1.807) is 0 Å². The largest absolute Gasteiger partial charge is 0.440 e.